The fourth-order valence-corrected chi connectivity index (χ4v) is 4.51. The molecule has 7 nitrogen and oxygen atoms in total. The van der Waals surface area contributed by atoms with Gasteiger partial charge in [0.05, 0.1) is 27.2 Å². The molecule has 0 aliphatic heterocycles. The highest BCUT2D eigenvalue weighted by Gasteiger charge is 2.19. The predicted molar refractivity (Wildman–Crippen MR) is 117 cm³/mol. The summed E-state index contributed by atoms with van der Waals surface area (Å²) in [5.74, 6) is 0. The lowest BCUT2D eigenvalue weighted by molar-refractivity contribution is 0.601. The average Bonchev–Trinajstić information content (AvgIpc) is 3.01. The summed E-state index contributed by atoms with van der Waals surface area (Å²) in [5.41, 5.74) is 0.860. The Hall–Kier alpha value is -2.52. The Balaban J connectivity index is 1.72. The Morgan fingerprint density at radius 2 is 1.77 bits per heavy atom. The standard InChI is InChI=1S/C19H13Cl3N4O3S/c20-13-5-4-12(11-26-19(27)25-8-2-1-3-18(25)23-26)17(9-13)24-30(28,29)14-6-7-15(21)16(22)10-14/h1-10,24H,11H2. The van der Waals surface area contributed by atoms with Crippen molar-refractivity contribution >= 4 is 56.2 Å². The van der Waals surface area contributed by atoms with E-state index in [1.807, 2.05) is 0 Å². The van der Waals surface area contributed by atoms with Crippen molar-refractivity contribution in [2.45, 2.75) is 11.4 Å². The van der Waals surface area contributed by atoms with E-state index in [1.54, 1.807) is 36.5 Å². The summed E-state index contributed by atoms with van der Waals surface area (Å²) in [5, 5.41) is 4.95. The zero-order valence-electron chi connectivity index (χ0n) is 15.1. The number of pyridine rings is 1. The highest BCUT2D eigenvalue weighted by Crippen LogP contribution is 2.28. The maximum Gasteiger partial charge on any atom is 0.350 e. The van der Waals surface area contributed by atoms with E-state index in [1.165, 1.54) is 33.3 Å². The Labute approximate surface area is 186 Å². The zero-order chi connectivity index (χ0) is 21.5. The van der Waals surface area contributed by atoms with Gasteiger partial charge in [-0.05, 0) is 48.0 Å². The number of hydrogen-bond acceptors (Lipinski definition) is 4. The van der Waals surface area contributed by atoms with Crippen LogP contribution in [0.5, 0.6) is 0 Å². The summed E-state index contributed by atoms with van der Waals surface area (Å²) >= 11 is 17.9. The minimum absolute atomic E-state index is 0.0386. The van der Waals surface area contributed by atoms with E-state index < -0.39 is 10.0 Å². The van der Waals surface area contributed by atoms with Crippen molar-refractivity contribution in [1.82, 2.24) is 14.2 Å². The lowest BCUT2D eigenvalue weighted by atomic mass is 10.2. The molecular formula is C19H13Cl3N4O3S. The molecule has 0 radical (unpaired) electrons. The second kappa shape index (κ2) is 7.96. The van der Waals surface area contributed by atoms with Crippen LogP contribution in [-0.4, -0.2) is 22.6 Å². The first-order chi connectivity index (χ1) is 14.2. The molecule has 1 N–H and O–H groups in total. The molecular weight excluding hydrogens is 471 g/mol. The molecule has 0 aliphatic rings. The molecule has 0 bridgehead atoms. The number of benzene rings is 2. The van der Waals surface area contributed by atoms with Crippen LogP contribution in [0.2, 0.25) is 15.1 Å². The topological polar surface area (TPSA) is 85.5 Å². The molecule has 154 valence electrons. The molecule has 2 aromatic carbocycles. The van der Waals surface area contributed by atoms with E-state index in [4.69, 9.17) is 34.8 Å². The number of fused-ring (bicyclic) bond motifs is 1. The van der Waals surface area contributed by atoms with Crippen LogP contribution in [0, 0.1) is 0 Å². The van der Waals surface area contributed by atoms with Gasteiger partial charge < -0.3 is 0 Å². The van der Waals surface area contributed by atoms with Crippen molar-refractivity contribution in [2.75, 3.05) is 4.72 Å². The number of nitrogens with one attached hydrogen (secondary N) is 1. The molecule has 30 heavy (non-hydrogen) atoms. The highest BCUT2D eigenvalue weighted by atomic mass is 35.5. The minimum atomic E-state index is -3.98. The molecule has 0 unspecified atom stereocenters. The minimum Gasteiger partial charge on any atom is -0.279 e. The summed E-state index contributed by atoms with van der Waals surface area (Å²) in [6.07, 6.45) is 1.61. The van der Waals surface area contributed by atoms with Crippen molar-refractivity contribution in [3.63, 3.8) is 0 Å². The summed E-state index contributed by atoms with van der Waals surface area (Å²) < 4.78 is 30.8. The van der Waals surface area contributed by atoms with Gasteiger partial charge in [-0.1, -0.05) is 46.9 Å². The monoisotopic (exact) mass is 482 g/mol. The number of hydrogen-bond donors (Lipinski definition) is 1. The lowest BCUT2D eigenvalue weighted by Gasteiger charge is -2.13. The number of aromatic nitrogens is 3. The van der Waals surface area contributed by atoms with Gasteiger partial charge in [0.15, 0.2) is 5.65 Å². The Kier molecular flexibility index (Phi) is 5.50. The maximum atomic E-state index is 12.8. The molecule has 4 aromatic rings. The normalized spacial score (nSPS) is 11.7. The second-order valence-corrected chi connectivity index (χ2v) is 9.29. The maximum absolute atomic E-state index is 12.8. The van der Waals surface area contributed by atoms with Crippen molar-refractivity contribution in [1.29, 1.82) is 0 Å². The molecule has 2 heterocycles. The van der Waals surface area contributed by atoms with Gasteiger partial charge in [-0.3, -0.25) is 9.12 Å². The van der Waals surface area contributed by atoms with E-state index in [-0.39, 0.29) is 32.9 Å². The van der Waals surface area contributed by atoms with Gasteiger partial charge in [0.25, 0.3) is 10.0 Å². The molecule has 0 amide bonds. The smallest absolute Gasteiger partial charge is 0.279 e. The third-order valence-corrected chi connectivity index (χ3v) is 6.66. The van der Waals surface area contributed by atoms with Crippen LogP contribution in [-0.2, 0) is 16.6 Å². The molecule has 0 fully saturated rings. The van der Waals surface area contributed by atoms with Gasteiger partial charge >= 0.3 is 5.69 Å². The average molecular weight is 484 g/mol. The number of sulfonamides is 1. The van der Waals surface area contributed by atoms with Crippen molar-refractivity contribution in [3.05, 3.63) is 91.9 Å². The first-order valence-electron chi connectivity index (χ1n) is 8.55. The van der Waals surface area contributed by atoms with Gasteiger partial charge in [-0.25, -0.2) is 17.9 Å². The Morgan fingerprint density at radius 3 is 2.50 bits per heavy atom. The molecule has 11 heteroatoms. The van der Waals surface area contributed by atoms with E-state index in [2.05, 4.69) is 9.82 Å². The van der Waals surface area contributed by atoms with Crippen molar-refractivity contribution in [3.8, 4) is 0 Å². The summed E-state index contributed by atoms with van der Waals surface area (Å²) in [6.45, 7) is 0.0386. The summed E-state index contributed by atoms with van der Waals surface area (Å²) in [6, 6.07) is 13.9. The van der Waals surface area contributed by atoms with Crippen LogP contribution in [0.15, 0.2) is 70.5 Å². The zero-order valence-corrected chi connectivity index (χ0v) is 18.2. The SMILES string of the molecule is O=c1n(Cc2ccc(Cl)cc2NS(=O)(=O)c2ccc(Cl)c(Cl)c2)nc2ccccn12. The van der Waals surface area contributed by atoms with Gasteiger partial charge in [0.2, 0.25) is 0 Å². The molecule has 0 spiro atoms. The molecule has 0 atom stereocenters. The van der Waals surface area contributed by atoms with Crippen LogP contribution in [0.25, 0.3) is 5.65 Å². The highest BCUT2D eigenvalue weighted by molar-refractivity contribution is 7.92. The number of nitrogens with zero attached hydrogens (tertiary/aromatic N) is 3. The van der Waals surface area contributed by atoms with Crippen molar-refractivity contribution < 1.29 is 8.42 Å². The molecule has 0 saturated heterocycles. The molecule has 4 rings (SSSR count). The molecule has 2 aromatic heterocycles. The quantitative estimate of drug-likeness (QED) is 0.458. The Bertz CT molecular complexity index is 1430. The van der Waals surface area contributed by atoms with Gasteiger partial charge in [-0.2, -0.15) is 0 Å². The number of anilines is 1. The van der Waals surface area contributed by atoms with Gasteiger partial charge in [0, 0.05) is 11.2 Å². The third-order valence-electron chi connectivity index (χ3n) is 4.33. The van der Waals surface area contributed by atoms with Crippen molar-refractivity contribution in [2.24, 2.45) is 0 Å². The van der Waals surface area contributed by atoms with Crippen LogP contribution >= 0.6 is 34.8 Å². The lowest BCUT2D eigenvalue weighted by Crippen LogP contribution is -2.22. The number of halogens is 3. The first-order valence-corrected chi connectivity index (χ1v) is 11.2. The van der Waals surface area contributed by atoms with E-state index in [9.17, 15) is 13.2 Å². The van der Waals surface area contributed by atoms with E-state index in [0.717, 1.165) is 0 Å². The first kappa shape index (κ1) is 20.7. The fourth-order valence-electron chi connectivity index (χ4n) is 2.86. The van der Waals surface area contributed by atoms with Gasteiger partial charge in [-0.15, -0.1) is 5.10 Å². The molecule has 0 aliphatic carbocycles. The summed E-state index contributed by atoms with van der Waals surface area (Å²) in [4.78, 5) is 12.5. The van der Waals surface area contributed by atoms with E-state index in [0.29, 0.717) is 16.2 Å². The summed E-state index contributed by atoms with van der Waals surface area (Å²) in [7, 11) is -3.98. The molecule has 0 saturated carbocycles. The fraction of sp³-hybridized carbons (Fsp3) is 0.0526. The third kappa shape index (κ3) is 4.04. The number of rotatable bonds is 5. The van der Waals surface area contributed by atoms with Crippen LogP contribution < -0.4 is 10.4 Å². The van der Waals surface area contributed by atoms with Crippen LogP contribution in [0.3, 0.4) is 0 Å². The second-order valence-electron chi connectivity index (χ2n) is 6.35. The van der Waals surface area contributed by atoms with E-state index >= 15 is 0 Å². The predicted octanol–water partition coefficient (Wildman–Crippen LogP) is 4.31. The van der Waals surface area contributed by atoms with Crippen LogP contribution in [0.1, 0.15) is 5.56 Å². The Morgan fingerprint density at radius 1 is 0.967 bits per heavy atom. The van der Waals surface area contributed by atoms with Gasteiger partial charge in [0.1, 0.15) is 0 Å². The van der Waals surface area contributed by atoms with Crippen LogP contribution in [0.4, 0.5) is 5.69 Å². The largest absolute Gasteiger partial charge is 0.350 e.